The van der Waals surface area contributed by atoms with E-state index < -0.39 is 0 Å². The van der Waals surface area contributed by atoms with E-state index in [0.29, 0.717) is 5.69 Å². The van der Waals surface area contributed by atoms with Crippen molar-refractivity contribution in [1.29, 1.82) is 0 Å². The van der Waals surface area contributed by atoms with Gasteiger partial charge in [0.25, 0.3) is 0 Å². The summed E-state index contributed by atoms with van der Waals surface area (Å²) in [6.45, 7) is 22.0. The van der Waals surface area contributed by atoms with Gasteiger partial charge in [-0.3, -0.25) is 0 Å². The molecule has 206 valence electrons. The Morgan fingerprint density at radius 3 is 2.37 bits per heavy atom. The van der Waals surface area contributed by atoms with E-state index >= 15 is 0 Å². The zero-order chi connectivity index (χ0) is 27.9. The molecule has 5 heteroatoms. The Hall–Kier alpha value is -3.47. The number of pyridine rings is 1. The lowest BCUT2D eigenvalue weighted by molar-refractivity contribution is 0.653. The molecule has 0 aliphatic heterocycles. The van der Waals surface area contributed by atoms with Gasteiger partial charge in [-0.25, -0.2) is 4.98 Å². The van der Waals surface area contributed by atoms with Crippen molar-refractivity contribution in [2.45, 2.75) is 73.1 Å². The van der Waals surface area contributed by atoms with Gasteiger partial charge < -0.3 is 20.9 Å². The predicted molar refractivity (Wildman–Crippen MR) is 168 cm³/mol. The van der Waals surface area contributed by atoms with Gasteiger partial charge >= 0.3 is 0 Å². The molecule has 0 radical (unpaired) electrons. The number of rotatable bonds is 17. The summed E-state index contributed by atoms with van der Waals surface area (Å²) in [5, 5.41) is 3.44. The molecular formula is C33H49N5. The summed E-state index contributed by atoms with van der Waals surface area (Å²) in [5.74, 6) is 1.46. The van der Waals surface area contributed by atoms with Crippen LogP contribution in [-0.2, 0) is 0 Å². The summed E-state index contributed by atoms with van der Waals surface area (Å²) in [5.41, 5.74) is 12.4. The van der Waals surface area contributed by atoms with Crippen LogP contribution in [0.15, 0.2) is 84.9 Å². The van der Waals surface area contributed by atoms with Crippen LogP contribution in [0.5, 0.6) is 0 Å². The smallest absolute Gasteiger partial charge is 0.158 e. The molecule has 0 unspecified atom stereocenters. The Kier molecular flexibility index (Phi) is 13.3. The lowest BCUT2D eigenvalue weighted by atomic mass is 10.1. The average molecular weight is 516 g/mol. The highest BCUT2D eigenvalue weighted by Gasteiger charge is 2.17. The van der Waals surface area contributed by atoms with E-state index in [4.69, 9.17) is 10.7 Å². The summed E-state index contributed by atoms with van der Waals surface area (Å²) >= 11 is 0. The fourth-order valence-corrected chi connectivity index (χ4v) is 4.38. The van der Waals surface area contributed by atoms with E-state index in [0.717, 1.165) is 79.5 Å². The second kappa shape index (κ2) is 16.4. The van der Waals surface area contributed by atoms with Crippen molar-refractivity contribution in [2.24, 2.45) is 0 Å². The van der Waals surface area contributed by atoms with E-state index in [-0.39, 0.29) is 0 Å². The van der Waals surface area contributed by atoms with E-state index in [2.05, 4.69) is 92.4 Å². The summed E-state index contributed by atoms with van der Waals surface area (Å²) in [4.78, 5) is 9.65. The number of unbranched alkanes of at least 4 members (excludes halogenated alkanes) is 3. The van der Waals surface area contributed by atoms with E-state index in [1.807, 2.05) is 25.1 Å². The van der Waals surface area contributed by atoms with Gasteiger partial charge in [0.15, 0.2) is 5.82 Å². The molecule has 38 heavy (non-hydrogen) atoms. The van der Waals surface area contributed by atoms with Gasteiger partial charge in [-0.1, -0.05) is 77.0 Å². The van der Waals surface area contributed by atoms with Crippen molar-refractivity contribution in [2.75, 3.05) is 35.2 Å². The van der Waals surface area contributed by atoms with Crippen molar-refractivity contribution in [1.82, 2.24) is 10.3 Å². The second-order valence-corrected chi connectivity index (χ2v) is 9.77. The molecule has 0 aliphatic carbocycles. The van der Waals surface area contributed by atoms with Crippen LogP contribution in [0, 0.1) is 0 Å². The molecule has 0 atom stereocenters. The number of aromatic nitrogens is 1. The third-order valence-electron chi connectivity index (χ3n) is 6.56. The molecule has 0 aliphatic rings. The van der Waals surface area contributed by atoms with Gasteiger partial charge in [-0.15, -0.1) is 0 Å². The number of anilines is 3. The standard InChI is InChI=1S/C33H49N5/c1-8-13-14-15-23-38(27(7)35-29(12-5)24-26(6)11-4)33-31(34)19-20-32(36-33)28-17-16-18-30(25-28)37(21-9-2)22-10-3/h11-12,16-20,24-25,35H,5,7-10,13-15,21-23,34H2,1-4,6H3/b26-11-,29-24+. The molecule has 0 saturated carbocycles. The molecule has 0 saturated heterocycles. The Morgan fingerprint density at radius 2 is 1.74 bits per heavy atom. The van der Waals surface area contributed by atoms with Crippen LogP contribution in [-0.4, -0.2) is 24.6 Å². The van der Waals surface area contributed by atoms with Crippen LogP contribution < -0.4 is 20.9 Å². The zero-order valence-electron chi connectivity index (χ0n) is 24.4. The molecule has 0 bridgehead atoms. The van der Waals surface area contributed by atoms with Crippen LogP contribution in [0.3, 0.4) is 0 Å². The molecule has 2 aromatic rings. The fourth-order valence-electron chi connectivity index (χ4n) is 4.38. The number of allylic oxidation sites excluding steroid dienone is 4. The van der Waals surface area contributed by atoms with Gasteiger partial charge in [-0.05, 0) is 69.5 Å². The number of nitrogen functional groups attached to an aromatic ring is 1. The van der Waals surface area contributed by atoms with Gasteiger partial charge in [0.05, 0.1) is 11.4 Å². The van der Waals surface area contributed by atoms with Crippen LogP contribution >= 0.6 is 0 Å². The zero-order valence-corrected chi connectivity index (χ0v) is 24.4. The molecule has 0 spiro atoms. The second-order valence-electron chi connectivity index (χ2n) is 9.77. The summed E-state index contributed by atoms with van der Waals surface area (Å²) in [6, 6.07) is 12.6. The largest absolute Gasteiger partial charge is 0.396 e. The highest BCUT2D eigenvalue weighted by Crippen LogP contribution is 2.30. The summed E-state index contributed by atoms with van der Waals surface area (Å²) in [6.07, 6.45) is 12.7. The summed E-state index contributed by atoms with van der Waals surface area (Å²) < 4.78 is 0. The highest BCUT2D eigenvalue weighted by atomic mass is 15.3. The average Bonchev–Trinajstić information content (AvgIpc) is 2.93. The molecule has 1 aromatic heterocycles. The van der Waals surface area contributed by atoms with Gasteiger partial charge in [0.1, 0.15) is 5.82 Å². The van der Waals surface area contributed by atoms with Crippen molar-refractivity contribution < 1.29 is 0 Å². The maximum atomic E-state index is 6.53. The van der Waals surface area contributed by atoms with Crippen LogP contribution in [0.4, 0.5) is 17.2 Å². The summed E-state index contributed by atoms with van der Waals surface area (Å²) in [7, 11) is 0. The molecular weight excluding hydrogens is 466 g/mol. The Bertz CT molecular complexity index is 1090. The number of hydrogen-bond acceptors (Lipinski definition) is 5. The lowest BCUT2D eigenvalue weighted by Crippen LogP contribution is -2.32. The quantitative estimate of drug-likeness (QED) is 0.163. The maximum Gasteiger partial charge on any atom is 0.158 e. The Morgan fingerprint density at radius 1 is 1.00 bits per heavy atom. The van der Waals surface area contributed by atoms with Crippen molar-refractivity contribution >= 4 is 17.2 Å². The first-order valence-corrected chi connectivity index (χ1v) is 14.2. The van der Waals surface area contributed by atoms with Gasteiger partial charge in [0.2, 0.25) is 0 Å². The molecule has 1 aromatic carbocycles. The topological polar surface area (TPSA) is 57.4 Å². The van der Waals surface area contributed by atoms with Crippen LogP contribution in [0.2, 0.25) is 0 Å². The normalized spacial score (nSPS) is 11.8. The van der Waals surface area contributed by atoms with E-state index in [9.17, 15) is 0 Å². The monoisotopic (exact) mass is 515 g/mol. The van der Waals surface area contributed by atoms with Gasteiger partial charge in [-0.2, -0.15) is 0 Å². The van der Waals surface area contributed by atoms with E-state index in [1.165, 1.54) is 18.5 Å². The molecule has 0 amide bonds. The fraction of sp³-hybridized carbons (Fsp3) is 0.424. The first-order valence-electron chi connectivity index (χ1n) is 14.2. The molecule has 3 N–H and O–H groups in total. The molecule has 0 fully saturated rings. The van der Waals surface area contributed by atoms with Crippen molar-refractivity contribution in [3.05, 3.63) is 84.9 Å². The SMILES string of the molecule is C=C/C(=C\C(C)=C/C)NC(=C)N(CCCCCC)c1nc(-c2cccc(N(CCC)CCC)c2)ccc1N. The van der Waals surface area contributed by atoms with Crippen LogP contribution in [0.1, 0.15) is 73.1 Å². The minimum Gasteiger partial charge on any atom is -0.396 e. The molecule has 1 heterocycles. The van der Waals surface area contributed by atoms with Gasteiger partial charge in [0, 0.05) is 36.6 Å². The molecule has 2 rings (SSSR count). The van der Waals surface area contributed by atoms with Crippen LogP contribution in [0.25, 0.3) is 11.3 Å². The number of nitrogens with two attached hydrogens (primary N) is 1. The lowest BCUT2D eigenvalue weighted by Gasteiger charge is -2.28. The first-order chi connectivity index (χ1) is 18.4. The number of hydrogen-bond donors (Lipinski definition) is 2. The number of nitrogens with one attached hydrogen (secondary N) is 1. The first kappa shape index (κ1) is 30.8. The van der Waals surface area contributed by atoms with Crippen molar-refractivity contribution in [3.63, 3.8) is 0 Å². The Balaban J connectivity index is 2.46. The van der Waals surface area contributed by atoms with E-state index in [1.54, 1.807) is 0 Å². The minimum absolute atomic E-state index is 0.635. The minimum atomic E-state index is 0.635. The number of benzene rings is 1. The maximum absolute atomic E-state index is 6.53. The predicted octanol–water partition coefficient (Wildman–Crippen LogP) is 8.44. The molecule has 5 nitrogen and oxygen atoms in total. The highest BCUT2D eigenvalue weighted by molar-refractivity contribution is 5.73. The third kappa shape index (κ3) is 9.13. The third-order valence-corrected chi connectivity index (χ3v) is 6.56. The Labute approximate surface area is 231 Å². The number of nitrogens with zero attached hydrogens (tertiary/aromatic N) is 3. The van der Waals surface area contributed by atoms with Crippen molar-refractivity contribution in [3.8, 4) is 11.3 Å².